The minimum Gasteiger partial charge on any atom is -0.492 e. The highest BCUT2D eigenvalue weighted by Gasteiger charge is 2.05. The lowest BCUT2D eigenvalue weighted by Gasteiger charge is -2.13. The van der Waals surface area contributed by atoms with Crippen LogP contribution in [0.1, 0.15) is 42.5 Å². The highest BCUT2D eigenvalue weighted by molar-refractivity contribution is 5.93. The zero-order chi connectivity index (χ0) is 18.9. The number of pyridine rings is 1. The molecular weight excluding hydrogens is 338 g/mol. The third kappa shape index (κ3) is 5.93. The summed E-state index contributed by atoms with van der Waals surface area (Å²) in [4.78, 5) is 15.3. The summed E-state index contributed by atoms with van der Waals surface area (Å²) in [5, 5.41) is 3.44. The molecule has 0 radical (unpaired) electrons. The maximum absolute atomic E-state index is 11.3. The van der Waals surface area contributed by atoms with Crippen molar-refractivity contribution in [2.24, 2.45) is 5.73 Å². The SMILES string of the molecule is NC(=O)c1cncc(-c2ccc(OCCNCCC3=CCCCC3)cc2)c1. The Morgan fingerprint density at radius 3 is 2.70 bits per heavy atom. The Hall–Kier alpha value is -2.66. The molecule has 0 aliphatic heterocycles. The standard InChI is InChI=1S/C22H27N3O2/c23-22(26)20-14-19(15-25-16-20)18-6-8-21(9-7-18)27-13-12-24-11-10-17-4-2-1-3-5-17/h4,6-9,14-16,24H,1-3,5,10-13H2,(H2,23,26). The first-order valence-corrected chi connectivity index (χ1v) is 9.59. The summed E-state index contributed by atoms with van der Waals surface area (Å²) in [6.07, 6.45) is 11.9. The number of benzene rings is 1. The molecule has 5 heteroatoms. The Morgan fingerprint density at radius 2 is 1.96 bits per heavy atom. The average molecular weight is 365 g/mol. The molecule has 0 atom stereocenters. The van der Waals surface area contributed by atoms with Crippen LogP contribution in [0.15, 0.2) is 54.4 Å². The third-order valence-corrected chi connectivity index (χ3v) is 4.77. The lowest BCUT2D eigenvalue weighted by molar-refractivity contribution is 0.1000. The second kappa shape index (κ2) is 9.88. The topological polar surface area (TPSA) is 77.2 Å². The molecule has 1 aliphatic carbocycles. The van der Waals surface area contributed by atoms with Gasteiger partial charge in [0.25, 0.3) is 0 Å². The van der Waals surface area contributed by atoms with Crippen LogP contribution in [0.5, 0.6) is 5.75 Å². The zero-order valence-electron chi connectivity index (χ0n) is 15.6. The molecule has 1 aliphatic rings. The van der Waals surface area contributed by atoms with Gasteiger partial charge in [0.1, 0.15) is 12.4 Å². The van der Waals surface area contributed by atoms with E-state index in [0.717, 1.165) is 36.4 Å². The van der Waals surface area contributed by atoms with Crippen molar-refractivity contribution in [3.8, 4) is 16.9 Å². The average Bonchev–Trinajstić information content (AvgIpc) is 2.72. The smallest absolute Gasteiger partial charge is 0.250 e. The van der Waals surface area contributed by atoms with E-state index in [-0.39, 0.29) is 0 Å². The second-order valence-electron chi connectivity index (χ2n) is 6.81. The molecule has 0 bridgehead atoms. The molecule has 1 aromatic heterocycles. The molecule has 0 saturated heterocycles. The largest absolute Gasteiger partial charge is 0.492 e. The number of nitrogens with two attached hydrogens (primary N) is 1. The van der Waals surface area contributed by atoms with Gasteiger partial charge < -0.3 is 15.8 Å². The van der Waals surface area contributed by atoms with Crippen molar-refractivity contribution in [2.75, 3.05) is 19.7 Å². The number of ether oxygens (including phenoxy) is 1. The van der Waals surface area contributed by atoms with E-state index < -0.39 is 5.91 Å². The van der Waals surface area contributed by atoms with Crippen LogP contribution >= 0.6 is 0 Å². The van der Waals surface area contributed by atoms with Crippen molar-refractivity contribution < 1.29 is 9.53 Å². The van der Waals surface area contributed by atoms with E-state index in [9.17, 15) is 4.79 Å². The Morgan fingerprint density at radius 1 is 1.11 bits per heavy atom. The first-order valence-electron chi connectivity index (χ1n) is 9.59. The van der Waals surface area contributed by atoms with Crippen molar-refractivity contribution in [3.05, 3.63) is 59.9 Å². The van der Waals surface area contributed by atoms with Gasteiger partial charge in [0, 0.05) is 24.5 Å². The number of aromatic nitrogens is 1. The summed E-state index contributed by atoms with van der Waals surface area (Å²) in [6.45, 7) is 2.48. The van der Waals surface area contributed by atoms with Gasteiger partial charge in [0.15, 0.2) is 0 Å². The fourth-order valence-electron chi connectivity index (χ4n) is 3.22. The highest BCUT2D eigenvalue weighted by atomic mass is 16.5. The van der Waals surface area contributed by atoms with Crippen LogP contribution in [0.2, 0.25) is 0 Å². The van der Waals surface area contributed by atoms with Crippen LogP contribution in [-0.4, -0.2) is 30.6 Å². The fraction of sp³-hybridized carbons (Fsp3) is 0.364. The molecule has 142 valence electrons. The number of amides is 1. The van der Waals surface area contributed by atoms with E-state index >= 15 is 0 Å². The van der Waals surface area contributed by atoms with E-state index in [2.05, 4.69) is 16.4 Å². The third-order valence-electron chi connectivity index (χ3n) is 4.77. The number of hydrogen-bond acceptors (Lipinski definition) is 4. The lowest BCUT2D eigenvalue weighted by atomic mass is 9.97. The van der Waals surface area contributed by atoms with Crippen LogP contribution in [0.4, 0.5) is 0 Å². The number of carbonyl (C=O) groups is 1. The quantitative estimate of drug-likeness (QED) is 0.525. The molecule has 3 rings (SSSR count). The lowest BCUT2D eigenvalue weighted by Crippen LogP contribution is -2.22. The van der Waals surface area contributed by atoms with Crippen molar-refractivity contribution >= 4 is 5.91 Å². The number of nitrogens with one attached hydrogen (secondary N) is 1. The Kier molecular flexibility index (Phi) is 6.99. The molecule has 1 heterocycles. The number of hydrogen-bond donors (Lipinski definition) is 2. The van der Waals surface area contributed by atoms with Crippen molar-refractivity contribution in [1.29, 1.82) is 0 Å². The van der Waals surface area contributed by atoms with Crippen LogP contribution in [0.25, 0.3) is 11.1 Å². The van der Waals surface area contributed by atoms with Gasteiger partial charge >= 0.3 is 0 Å². The van der Waals surface area contributed by atoms with E-state index in [0.29, 0.717) is 12.2 Å². The van der Waals surface area contributed by atoms with Gasteiger partial charge in [-0.3, -0.25) is 9.78 Å². The van der Waals surface area contributed by atoms with Gasteiger partial charge in [0.05, 0.1) is 5.56 Å². The molecule has 3 N–H and O–H groups in total. The molecule has 1 aromatic carbocycles. The van der Waals surface area contributed by atoms with E-state index in [4.69, 9.17) is 10.5 Å². The summed E-state index contributed by atoms with van der Waals surface area (Å²) < 4.78 is 5.78. The van der Waals surface area contributed by atoms with Crippen molar-refractivity contribution in [2.45, 2.75) is 32.1 Å². The van der Waals surface area contributed by atoms with Crippen LogP contribution in [-0.2, 0) is 0 Å². The van der Waals surface area contributed by atoms with E-state index in [1.165, 1.54) is 31.9 Å². The van der Waals surface area contributed by atoms with Crippen molar-refractivity contribution in [3.63, 3.8) is 0 Å². The van der Waals surface area contributed by atoms with Crippen LogP contribution in [0.3, 0.4) is 0 Å². The minimum absolute atomic E-state index is 0.405. The summed E-state index contributed by atoms with van der Waals surface area (Å²) in [7, 11) is 0. The number of rotatable bonds is 9. The summed E-state index contributed by atoms with van der Waals surface area (Å²) >= 11 is 0. The summed E-state index contributed by atoms with van der Waals surface area (Å²) in [6, 6.07) is 9.52. The number of allylic oxidation sites excluding steroid dienone is 1. The molecule has 27 heavy (non-hydrogen) atoms. The number of carbonyl (C=O) groups excluding carboxylic acids is 1. The predicted octanol–water partition coefficient (Wildman–Crippen LogP) is 3.71. The van der Waals surface area contributed by atoms with Gasteiger partial charge in [-0.1, -0.05) is 23.8 Å². The van der Waals surface area contributed by atoms with Gasteiger partial charge in [-0.05, 0) is 62.4 Å². The van der Waals surface area contributed by atoms with Crippen LogP contribution < -0.4 is 15.8 Å². The monoisotopic (exact) mass is 365 g/mol. The Labute approximate surface area is 160 Å². The minimum atomic E-state index is -0.475. The Balaban J connectivity index is 1.41. The number of primary amides is 1. The molecule has 2 aromatic rings. The highest BCUT2D eigenvalue weighted by Crippen LogP contribution is 2.22. The molecule has 0 unspecified atom stereocenters. The molecule has 0 spiro atoms. The Bertz CT molecular complexity index is 784. The van der Waals surface area contributed by atoms with Gasteiger partial charge in [-0.2, -0.15) is 0 Å². The normalized spacial score (nSPS) is 13.9. The zero-order valence-corrected chi connectivity index (χ0v) is 15.6. The molecule has 0 fully saturated rings. The fourth-order valence-corrected chi connectivity index (χ4v) is 3.22. The summed E-state index contributed by atoms with van der Waals surface area (Å²) in [5.41, 5.74) is 9.14. The number of nitrogens with zero attached hydrogens (tertiary/aromatic N) is 1. The second-order valence-corrected chi connectivity index (χ2v) is 6.81. The molecule has 5 nitrogen and oxygen atoms in total. The maximum Gasteiger partial charge on any atom is 0.250 e. The first-order chi connectivity index (χ1) is 13.2. The van der Waals surface area contributed by atoms with Crippen LogP contribution in [0, 0.1) is 0 Å². The van der Waals surface area contributed by atoms with Gasteiger partial charge in [0.2, 0.25) is 5.91 Å². The maximum atomic E-state index is 11.3. The summed E-state index contributed by atoms with van der Waals surface area (Å²) in [5.74, 6) is 0.353. The molecular formula is C22H27N3O2. The first kappa shape index (κ1) is 19.1. The molecule has 0 saturated carbocycles. The predicted molar refractivity (Wildman–Crippen MR) is 108 cm³/mol. The van der Waals surface area contributed by atoms with Gasteiger partial charge in [-0.15, -0.1) is 0 Å². The van der Waals surface area contributed by atoms with Gasteiger partial charge in [-0.25, -0.2) is 0 Å². The van der Waals surface area contributed by atoms with Crippen molar-refractivity contribution in [1.82, 2.24) is 10.3 Å². The van der Waals surface area contributed by atoms with E-state index in [1.807, 2.05) is 24.3 Å². The van der Waals surface area contributed by atoms with E-state index in [1.54, 1.807) is 17.8 Å². The molecule has 1 amide bonds.